The van der Waals surface area contributed by atoms with Gasteiger partial charge >= 0.3 is 245 Å². The molecule has 4 aliphatic rings. The molecule has 0 bridgehead atoms. The number of carboxylic acid groups (broad SMARTS) is 1. The standard InChI is InChI=1S/C35H39NO3.Ni/c1-4-6-11-23-19-25(10-5-2)33-29(20-23)31(28-18-22(3)14-15-26(28)35(37)38)30-21-24-12-7-8-16-36-17-9-13-27(32(24)36)34(30)39-33;/h14-15,18,20-21H,4-13,16-17H2,1-3H3,(H,37,38);. The fourth-order valence-corrected chi connectivity index (χ4v) is 7.37. The van der Waals surface area contributed by atoms with Crippen molar-refractivity contribution < 1.29 is 29.4 Å². The van der Waals surface area contributed by atoms with Gasteiger partial charge < -0.3 is 0 Å². The number of aryl methyl sites for hydroxylation is 4. The normalized spacial score (nSPS) is 15.0. The Morgan fingerprint density at radius 1 is 1.00 bits per heavy atom. The summed E-state index contributed by atoms with van der Waals surface area (Å²) in [5.74, 6) is -0.0490. The zero-order valence-corrected chi connectivity index (χ0v) is 24.9. The van der Waals surface area contributed by atoms with Gasteiger partial charge in [0.15, 0.2) is 0 Å². The molecular formula is C35H39NNiO3. The van der Waals surface area contributed by atoms with E-state index >= 15 is 0 Å². The zero-order chi connectivity index (χ0) is 28.0. The first-order valence-electron chi connectivity index (χ1n) is 15.1. The number of anilines is 1. The van der Waals surface area contributed by atoms with E-state index in [1.54, 1.807) is 6.07 Å². The summed E-state index contributed by atoms with van der Waals surface area (Å²) >= 11 is 5.73. The maximum absolute atomic E-state index is 12.6. The first kappa shape index (κ1) is 27.3. The van der Waals surface area contributed by atoms with Crippen molar-refractivity contribution in [3.8, 4) is 22.5 Å². The molecule has 6 rings (SSSR count). The molecule has 0 atom stereocenters. The molecular weight excluding hydrogens is 541 g/mol. The number of aromatic carboxylic acids is 1. The Kier molecular flexibility index (Phi) is 7.61. The topological polar surface area (TPSA) is 53.7 Å². The predicted octanol–water partition coefficient (Wildman–Crippen LogP) is 8.67. The van der Waals surface area contributed by atoms with E-state index in [1.807, 2.05) is 13.0 Å². The van der Waals surface area contributed by atoms with Crippen LogP contribution in [0.25, 0.3) is 33.4 Å². The third-order valence-corrected chi connectivity index (χ3v) is 9.40. The van der Waals surface area contributed by atoms with E-state index in [9.17, 15) is 9.90 Å². The molecule has 0 spiro atoms. The minimum absolute atomic E-state index is 0.335. The molecule has 212 valence electrons. The number of benzene rings is 3. The summed E-state index contributed by atoms with van der Waals surface area (Å²) in [5.41, 5.74) is 11.4. The van der Waals surface area contributed by atoms with Crippen molar-refractivity contribution in [1.29, 1.82) is 0 Å². The summed E-state index contributed by atoms with van der Waals surface area (Å²) in [7, 11) is 0. The molecule has 3 heterocycles. The average molecular weight is 580 g/mol. The van der Waals surface area contributed by atoms with Crippen molar-refractivity contribution in [3.63, 3.8) is 0 Å². The van der Waals surface area contributed by atoms with Crippen molar-refractivity contribution in [3.05, 3.63) is 67.8 Å². The summed E-state index contributed by atoms with van der Waals surface area (Å²) in [5, 5.41) is 11.4. The molecule has 1 aliphatic carbocycles. The molecule has 0 radical (unpaired) electrons. The minimum atomic E-state index is -0.901. The van der Waals surface area contributed by atoms with Gasteiger partial charge in [-0.25, -0.2) is 0 Å². The number of nitrogens with zero attached hydrogens (tertiary/aromatic N) is 1. The van der Waals surface area contributed by atoms with Crippen molar-refractivity contribution >= 4 is 22.6 Å². The Morgan fingerprint density at radius 3 is 2.60 bits per heavy atom. The molecule has 0 fully saturated rings. The van der Waals surface area contributed by atoms with Crippen molar-refractivity contribution in [2.24, 2.45) is 0 Å². The van der Waals surface area contributed by atoms with Crippen LogP contribution < -0.4 is 4.90 Å². The van der Waals surface area contributed by atoms with Crippen LogP contribution in [-0.2, 0) is 40.7 Å². The Labute approximate surface area is 244 Å². The fourth-order valence-electron chi connectivity index (χ4n) is 6.94. The summed E-state index contributed by atoms with van der Waals surface area (Å²) in [6.07, 6.45) is 10.4. The molecule has 5 heteroatoms. The van der Waals surface area contributed by atoms with Crippen LogP contribution in [0.4, 0.5) is 5.69 Å². The number of hydrogen-bond donors (Lipinski definition) is 1. The first-order chi connectivity index (χ1) is 19.4. The van der Waals surface area contributed by atoms with Gasteiger partial charge in [0.2, 0.25) is 0 Å². The fraction of sp³-hybridized carbons (Fsp3) is 0.429. The number of carbonyl (C=O) groups is 1. The molecule has 0 unspecified atom stereocenters. The van der Waals surface area contributed by atoms with Crippen LogP contribution in [0.5, 0.6) is 0 Å². The second-order valence-electron chi connectivity index (χ2n) is 11.6. The quantitative estimate of drug-likeness (QED) is 0.176. The predicted molar refractivity (Wildman–Crippen MR) is 159 cm³/mol. The molecule has 0 aromatic heterocycles. The second-order valence-corrected chi connectivity index (χ2v) is 12.1. The second kappa shape index (κ2) is 11.2. The van der Waals surface area contributed by atoms with E-state index < -0.39 is 5.97 Å². The number of hydrogen-bond acceptors (Lipinski definition) is 3. The number of carboxylic acids is 1. The van der Waals surface area contributed by atoms with E-state index in [4.69, 9.17) is 19.4 Å². The van der Waals surface area contributed by atoms with Crippen molar-refractivity contribution in [1.82, 2.24) is 0 Å². The van der Waals surface area contributed by atoms with Crippen LogP contribution >= 0.6 is 0 Å². The van der Waals surface area contributed by atoms with Crippen LogP contribution in [0.15, 0.2) is 34.7 Å². The van der Waals surface area contributed by atoms with Crippen LogP contribution in [-0.4, -0.2) is 24.2 Å². The van der Waals surface area contributed by atoms with E-state index in [-0.39, 0.29) is 0 Å². The Balaban J connectivity index is 1.82. The SMILES string of the molecule is CCCCc1cc2c(-c3cc(C)ccc3C(=O)O)c3cc4c5c(c3oc-2c(CCC)[c]1=[Ni])CCCN5CCCC4. The Bertz CT molecular complexity index is 1650. The van der Waals surface area contributed by atoms with E-state index in [0.29, 0.717) is 5.56 Å². The summed E-state index contributed by atoms with van der Waals surface area (Å²) in [6, 6.07) is 10.3. The molecule has 4 nitrogen and oxygen atoms in total. The van der Waals surface area contributed by atoms with Gasteiger partial charge in [0.1, 0.15) is 0 Å². The summed E-state index contributed by atoms with van der Waals surface area (Å²) in [4.78, 5) is 15.2. The van der Waals surface area contributed by atoms with E-state index in [1.165, 1.54) is 35.2 Å². The van der Waals surface area contributed by atoms with Crippen molar-refractivity contribution in [2.75, 3.05) is 18.0 Å². The average Bonchev–Trinajstić information content (AvgIpc) is 3.15. The number of fused-ring (bicyclic) bond motifs is 3. The van der Waals surface area contributed by atoms with Gasteiger partial charge in [0.05, 0.1) is 0 Å². The molecule has 3 aliphatic heterocycles. The van der Waals surface area contributed by atoms with Gasteiger partial charge in [-0.15, -0.1) is 0 Å². The van der Waals surface area contributed by atoms with Crippen LogP contribution in [0.3, 0.4) is 0 Å². The van der Waals surface area contributed by atoms with E-state index in [2.05, 4.69) is 36.9 Å². The molecule has 1 N–H and O–H groups in total. The Hall–Kier alpha value is -2.91. The van der Waals surface area contributed by atoms with Gasteiger partial charge in [-0.3, -0.25) is 0 Å². The van der Waals surface area contributed by atoms with Crippen LogP contribution in [0.1, 0.15) is 90.5 Å². The van der Waals surface area contributed by atoms with Gasteiger partial charge in [-0.2, -0.15) is 0 Å². The van der Waals surface area contributed by atoms with E-state index in [0.717, 1.165) is 113 Å². The Morgan fingerprint density at radius 2 is 1.82 bits per heavy atom. The first-order valence-corrected chi connectivity index (χ1v) is 15.6. The summed E-state index contributed by atoms with van der Waals surface area (Å²) < 4.78 is 8.00. The molecule has 0 saturated carbocycles. The van der Waals surface area contributed by atoms with Crippen LogP contribution in [0, 0.1) is 11.1 Å². The van der Waals surface area contributed by atoms with Crippen molar-refractivity contribution in [2.45, 2.75) is 85.0 Å². The zero-order valence-electron chi connectivity index (χ0n) is 23.9. The van der Waals surface area contributed by atoms with Gasteiger partial charge in [-0.05, 0) is 0 Å². The molecule has 2 aromatic rings. The molecule has 2 aromatic carbocycles. The summed E-state index contributed by atoms with van der Waals surface area (Å²) in [6.45, 7) is 8.62. The molecule has 0 saturated heterocycles. The van der Waals surface area contributed by atoms with Gasteiger partial charge in [-0.1, -0.05) is 0 Å². The van der Waals surface area contributed by atoms with Gasteiger partial charge in [0.25, 0.3) is 0 Å². The molecule has 40 heavy (non-hydrogen) atoms. The van der Waals surface area contributed by atoms with Crippen LogP contribution in [0.2, 0.25) is 0 Å². The third-order valence-electron chi connectivity index (χ3n) is 8.79. The monoisotopic (exact) mass is 579 g/mol. The maximum atomic E-state index is 12.6. The molecule has 0 amide bonds. The number of rotatable bonds is 7. The third kappa shape index (κ3) is 4.61. The number of unbranched alkanes of at least 4 members (excludes halogenated alkanes) is 1. The van der Waals surface area contributed by atoms with Gasteiger partial charge in [0, 0.05) is 0 Å².